The van der Waals surface area contributed by atoms with Crippen LogP contribution in [0.2, 0.25) is 5.28 Å². The normalized spacial score (nSPS) is 10.4. The maximum Gasteiger partial charge on any atom is 0.307 e. The van der Waals surface area contributed by atoms with E-state index in [1.807, 2.05) is 45.3 Å². The number of halogens is 3. The minimum atomic E-state index is -0.962. The van der Waals surface area contributed by atoms with Gasteiger partial charge in [-0.3, -0.25) is 10.1 Å². The van der Waals surface area contributed by atoms with E-state index in [0.717, 1.165) is 18.0 Å². The molecule has 2 aromatic heterocycles. The van der Waals surface area contributed by atoms with Gasteiger partial charge in [0.15, 0.2) is 11.6 Å². The van der Waals surface area contributed by atoms with E-state index < -0.39 is 22.2 Å². The van der Waals surface area contributed by atoms with Gasteiger partial charge in [-0.05, 0) is 44.5 Å². The van der Waals surface area contributed by atoms with Crippen LogP contribution in [0, 0.1) is 28.7 Å². The fourth-order valence-corrected chi connectivity index (χ4v) is 3.77. The molecule has 10 nitrogen and oxygen atoms in total. The second kappa shape index (κ2) is 13.0. The van der Waals surface area contributed by atoms with Crippen LogP contribution in [0.15, 0.2) is 30.5 Å². The van der Waals surface area contributed by atoms with Crippen molar-refractivity contribution in [1.82, 2.24) is 19.5 Å². The Labute approximate surface area is 223 Å². The van der Waals surface area contributed by atoms with Crippen LogP contribution in [0.1, 0.15) is 39.6 Å². The number of aryl methyl sites for hydroxylation is 1. The molecule has 0 saturated carbocycles. The van der Waals surface area contributed by atoms with Gasteiger partial charge in [0, 0.05) is 23.7 Å². The molecule has 0 atom stereocenters. The number of nitrogens with two attached hydrogens (primary N) is 1. The van der Waals surface area contributed by atoms with Crippen LogP contribution in [0.4, 0.5) is 20.2 Å². The minimum absolute atomic E-state index is 0.0376. The number of nitrogen functional groups attached to an aromatic ring is 1. The van der Waals surface area contributed by atoms with Crippen LogP contribution >= 0.6 is 11.6 Å². The Balaban J connectivity index is 0.000000288. The Morgan fingerprint density at radius 2 is 1.68 bits per heavy atom. The molecule has 4 rings (SSSR count). The van der Waals surface area contributed by atoms with Gasteiger partial charge in [-0.25, -0.2) is 19.3 Å². The number of hydrogen-bond donors (Lipinski definition) is 1. The summed E-state index contributed by atoms with van der Waals surface area (Å²) in [5.41, 5.74) is 6.80. The maximum absolute atomic E-state index is 14.5. The van der Waals surface area contributed by atoms with Crippen LogP contribution in [-0.2, 0) is 0 Å². The highest BCUT2D eigenvalue weighted by atomic mass is 35.5. The third kappa shape index (κ3) is 6.43. The lowest BCUT2D eigenvalue weighted by molar-refractivity contribution is -0.387. The van der Waals surface area contributed by atoms with E-state index in [0.29, 0.717) is 28.0 Å². The predicted molar refractivity (Wildman–Crippen MR) is 143 cm³/mol. The van der Waals surface area contributed by atoms with E-state index in [-0.39, 0.29) is 22.8 Å². The third-order valence-corrected chi connectivity index (χ3v) is 5.34. The van der Waals surface area contributed by atoms with E-state index in [4.69, 9.17) is 22.1 Å². The van der Waals surface area contributed by atoms with Crippen LogP contribution in [0.3, 0.4) is 0 Å². The fraction of sp³-hybridized carbons (Fsp3) is 0.320. The molecule has 38 heavy (non-hydrogen) atoms. The average molecular weight is 551 g/mol. The van der Waals surface area contributed by atoms with E-state index in [9.17, 15) is 18.9 Å². The molecule has 0 unspecified atom stereocenters. The zero-order valence-corrected chi connectivity index (χ0v) is 22.8. The van der Waals surface area contributed by atoms with Crippen molar-refractivity contribution in [3.8, 4) is 22.8 Å². The Morgan fingerprint density at radius 3 is 2.24 bits per heavy atom. The first-order chi connectivity index (χ1) is 18.0. The summed E-state index contributed by atoms with van der Waals surface area (Å²) in [7, 11) is 2.81. The van der Waals surface area contributed by atoms with Crippen molar-refractivity contribution in [2.45, 2.75) is 40.7 Å². The molecule has 0 aliphatic rings. The second-order valence-electron chi connectivity index (χ2n) is 7.81. The van der Waals surface area contributed by atoms with Crippen molar-refractivity contribution in [3.63, 3.8) is 0 Å². The highest BCUT2D eigenvalue weighted by molar-refractivity contribution is 6.28. The molecule has 4 aromatic rings. The lowest BCUT2D eigenvalue weighted by Crippen LogP contribution is -2.03. The van der Waals surface area contributed by atoms with Crippen molar-refractivity contribution >= 4 is 34.0 Å². The van der Waals surface area contributed by atoms with E-state index in [2.05, 4.69) is 19.7 Å². The number of ether oxygens (including phenoxy) is 2. The number of fused-ring (bicyclic) bond motifs is 1. The van der Waals surface area contributed by atoms with Gasteiger partial charge >= 0.3 is 5.69 Å². The number of hydrogen-bond acceptors (Lipinski definition) is 8. The number of nitrogens with zero attached hydrogens (tertiary/aromatic N) is 5. The van der Waals surface area contributed by atoms with Crippen molar-refractivity contribution in [2.75, 3.05) is 20.0 Å². The Kier molecular flexibility index (Phi) is 10.3. The highest BCUT2D eigenvalue weighted by Gasteiger charge is 2.19. The topological polar surface area (TPSA) is 131 Å². The summed E-state index contributed by atoms with van der Waals surface area (Å²) in [6, 6.07) is 5.20. The van der Waals surface area contributed by atoms with Crippen LogP contribution in [-0.4, -0.2) is 38.7 Å². The molecule has 0 bridgehead atoms. The van der Waals surface area contributed by atoms with Crippen LogP contribution in [0.25, 0.3) is 22.3 Å². The van der Waals surface area contributed by atoms with Gasteiger partial charge in [0.2, 0.25) is 11.1 Å². The molecule has 0 spiro atoms. The molecule has 2 aromatic carbocycles. The number of imidazole rings is 1. The summed E-state index contributed by atoms with van der Waals surface area (Å²) in [6.45, 7) is 9.92. The molecule has 0 fully saturated rings. The Hall–Kier alpha value is -4.06. The SMILES string of the molecule is CC.COc1cc(F)c([N+](=O)[O-])cc1N.COc1cnc(Cl)nc1-c1cc(F)c2nc(C)n(C(C)C)c2c1. The van der Waals surface area contributed by atoms with Gasteiger partial charge in [0.25, 0.3) is 0 Å². The highest BCUT2D eigenvalue weighted by Crippen LogP contribution is 2.33. The third-order valence-electron chi connectivity index (χ3n) is 5.16. The molecule has 2 heterocycles. The average Bonchev–Trinajstić information content (AvgIpc) is 3.23. The molecule has 0 amide bonds. The summed E-state index contributed by atoms with van der Waals surface area (Å²) < 4.78 is 39.3. The van der Waals surface area contributed by atoms with Gasteiger partial charge < -0.3 is 19.8 Å². The minimum Gasteiger partial charge on any atom is -0.494 e. The van der Waals surface area contributed by atoms with E-state index in [1.165, 1.54) is 26.5 Å². The van der Waals surface area contributed by atoms with Crippen molar-refractivity contribution in [1.29, 1.82) is 0 Å². The van der Waals surface area contributed by atoms with E-state index in [1.54, 1.807) is 0 Å². The van der Waals surface area contributed by atoms with Gasteiger partial charge in [0.1, 0.15) is 22.8 Å². The Morgan fingerprint density at radius 1 is 1.05 bits per heavy atom. The quantitative estimate of drug-likeness (QED) is 0.128. The monoisotopic (exact) mass is 550 g/mol. The first-order valence-electron chi connectivity index (χ1n) is 11.5. The van der Waals surface area contributed by atoms with Gasteiger partial charge in [0.05, 0.1) is 36.5 Å². The van der Waals surface area contributed by atoms with Gasteiger partial charge in [-0.1, -0.05) is 13.8 Å². The van der Waals surface area contributed by atoms with E-state index >= 15 is 0 Å². The maximum atomic E-state index is 14.5. The zero-order chi connectivity index (χ0) is 28.7. The lowest BCUT2D eigenvalue weighted by Gasteiger charge is -2.12. The Bertz CT molecular complexity index is 1450. The summed E-state index contributed by atoms with van der Waals surface area (Å²) in [4.78, 5) is 21.8. The number of methoxy groups -OCH3 is 2. The van der Waals surface area contributed by atoms with Crippen molar-refractivity contribution < 1.29 is 23.2 Å². The number of anilines is 1. The molecule has 13 heteroatoms. The largest absolute Gasteiger partial charge is 0.494 e. The summed E-state index contributed by atoms with van der Waals surface area (Å²) >= 11 is 5.88. The molecular weight excluding hydrogens is 522 g/mol. The molecule has 204 valence electrons. The smallest absolute Gasteiger partial charge is 0.307 e. The summed E-state index contributed by atoms with van der Waals surface area (Å²) in [5.74, 6) is -0.0878. The number of nitro groups is 1. The number of nitro benzene ring substituents is 1. The summed E-state index contributed by atoms with van der Waals surface area (Å²) in [5, 5.41) is 10.3. The molecule has 0 radical (unpaired) electrons. The van der Waals surface area contributed by atoms with Gasteiger partial charge in [-0.15, -0.1) is 0 Å². The number of rotatable bonds is 5. The lowest BCUT2D eigenvalue weighted by atomic mass is 10.1. The zero-order valence-electron chi connectivity index (χ0n) is 22.0. The standard InChI is InChI=1S/C16H16ClFN4O.C7H7FN2O3.C2H6/c1-8(2)22-9(3)20-15-11(18)5-10(6-12(15)22)14-13(23-4)7-19-16(17)21-14;1-13-7-2-4(8)6(10(11)12)3-5(7)9;1-2/h5-8H,1-4H3;2-3H,9H2,1H3;1-2H3. The van der Waals surface area contributed by atoms with Crippen molar-refractivity contribution in [2.24, 2.45) is 0 Å². The molecular formula is C25H29ClF2N6O4. The van der Waals surface area contributed by atoms with Crippen molar-refractivity contribution in [3.05, 3.63) is 63.3 Å². The van der Waals surface area contributed by atoms with Crippen LogP contribution in [0.5, 0.6) is 11.5 Å². The number of benzene rings is 2. The van der Waals surface area contributed by atoms with Crippen LogP contribution < -0.4 is 15.2 Å². The second-order valence-corrected chi connectivity index (χ2v) is 8.15. The molecule has 0 aliphatic heterocycles. The first-order valence-corrected chi connectivity index (χ1v) is 11.9. The summed E-state index contributed by atoms with van der Waals surface area (Å²) in [6.07, 6.45) is 1.47. The molecule has 0 aliphatic carbocycles. The van der Waals surface area contributed by atoms with Gasteiger partial charge in [-0.2, -0.15) is 4.39 Å². The fourth-order valence-electron chi connectivity index (χ4n) is 3.64. The molecule has 0 saturated heterocycles. The number of aromatic nitrogens is 4. The first kappa shape index (κ1) is 30.2. The molecule has 2 N–H and O–H groups in total. The predicted octanol–water partition coefficient (Wildman–Crippen LogP) is 6.53.